The highest BCUT2D eigenvalue weighted by molar-refractivity contribution is 7.22. The van der Waals surface area contributed by atoms with E-state index in [-0.39, 0.29) is 11.9 Å². The molecule has 84 valence electrons. The predicted octanol–water partition coefficient (Wildman–Crippen LogP) is -0.394. The fourth-order valence-corrected chi connectivity index (χ4v) is 2.57. The maximum atomic E-state index is 11.9. The van der Waals surface area contributed by atoms with Crippen LogP contribution in [0, 0.1) is 0 Å². The van der Waals surface area contributed by atoms with Crippen molar-refractivity contribution in [1.82, 2.24) is 10.6 Å². The predicted molar refractivity (Wildman–Crippen MR) is 67.5 cm³/mol. The molecule has 1 amide bonds. The minimum absolute atomic E-state index is 0.105. The highest BCUT2D eigenvalue weighted by atomic mass is 32.1. The zero-order valence-electron chi connectivity index (χ0n) is 8.95. The first-order valence-corrected chi connectivity index (χ1v) is 6.15. The smallest absolute Gasteiger partial charge is 0.263 e. The standard InChI is InChI=1S/C10H14BN3OS/c11-8-5-7(12)9(16-8)10(15)14-6-1-3-13-4-2-6/h5-6,13H,1-4,12H2,(H,14,15). The molecule has 0 saturated carbocycles. The summed E-state index contributed by atoms with van der Waals surface area (Å²) in [6, 6.07) is 1.87. The average molecular weight is 235 g/mol. The van der Waals surface area contributed by atoms with Crippen LogP contribution in [0.4, 0.5) is 5.69 Å². The number of carbonyl (C=O) groups is 1. The molecule has 2 radical (unpaired) electrons. The lowest BCUT2D eigenvalue weighted by molar-refractivity contribution is 0.0934. The molecular formula is C10H14BN3OS. The van der Waals surface area contributed by atoms with E-state index < -0.39 is 0 Å². The van der Waals surface area contributed by atoms with Crippen LogP contribution in [0.5, 0.6) is 0 Å². The fourth-order valence-electron chi connectivity index (χ4n) is 1.82. The Morgan fingerprint density at radius 3 is 2.81 bits per heavy atom. The van der Waals surface area contributed by atoms with Crippen molar-refractivity contribution in [2.45, 2.75) is 18.9 Å². The molecule has 6 heteroatoms. The quantitative estimate of drug-likeness (QED) is 0.611. The van der Waals surface area contributed by atoms with Crippen LogP contribution in [0.15, 0.2) is 6.07 Å². The zero-order chi connectivity index (χ0) is 11.5. The van der Waals surface area contributed by atoms with E-state index >= 15 is 0 Å². The van der Waals surface area contributed by atoms with Crippen LogP contribution < -0.4 is 21.1 Å². The SMILES string of the molecule is [B]c1cc(N)c(C(=O)NC2CCNCC2)s1. The van der Waals surface area contributed by atoms with Gasteiger partial charge in [-0.15, -0.1) is 11.3 Å². The van der Waals surface area contributed by atoms with Crippen molar-refractivity contribution in [3.63, 3.8) is 0 Å². The summed E-state index contributed by atoms with van der Waals surface area (Å²) in [5, 5.41) is 6.24. The van der Waals surface area contributed by atoms with E-state index in [9.17, 15) is 4.79 Å². The van der Waals surface area contributed by atoms with Gasteiger partial charge in [-0.2, -0.15) is 0 Å². The number of nitrogens with two attached hydrogens (primary N) is 1. The van der Waals surface area contributed by atoms with Gasteiger partial charge in [0.2, 0.25) is 0 Å². The largest absolute Gasteiger partial charge is 0.397 e. The van der Waals surface area contributed by atoms with Crippen LogP contribution in [-0.4, -0.2) is 32.9 Å². The highest BCUT2D eigenvalue weighted by Crippen LogP contribution is 2.16. The second-order valence-electron chi connectivity index (χ2n) is 3.93. The Labute approximate surface area is 100 Å². The number of amides is 1. The third-order valence-electron chi connectivity index (χ3n) is 2.66. The van der Waals surface area contributed by atoms with E-state index in [1.54, 1.807) is 6.07 Å². The van der Waals surface area contributed by atoms with Crippen molar-refractivity contribution < 1.29 is 4.79 Å². The Bertz CT molecular complexity index is 387. The van der Waals surface area contributed by atoms with Crippen LogP contribution in [0.25, 0.3) is 0 Å². The number of anilines is 1. The van der Waals surface area contributed by atoms with Crippen molar-refractivity contribution in [2.24, 2.45) is 0 Å². The van der Waals surface area contributed by atoms with E-state index in [0.29, 0.717) is 15.3 Å². The number of nitrogen functional groups attached to an aromatic ring is 1. The van der Waals surface area contributed by atoms with Crippen LogP contribution in [0.3, 0.4) is 0 Å². The molecule has 0 aliphatic carbocycles. The number of hydrogen-bond acceptors (Lipinski definition) is 4. The molecule has 0 unspecified atom stereocenters. The van der Waals surface area contributed by atoms with Crippen LogP contribution >= 0.6 is 11.3 Å². The van der Waals surface area contributed by atoms with Crippen molar-refractivity contribution >= 4 is 35.6 Å². The summed E-state index contributed by atoms with van der Waals surface area (Å²) in [5.74, 6) is -0.105. The number of piperidine rings is 1. The van der Waals surface area contributed by atoms with E-state index in [1.807, 2.05) is 0 Å². The number of hydrogen-bond donors (Lipinski definition) is 3. The van der Waals surface area contributed by atoms with Crippen LogP contribution in [-0.2, 0) is 0 Å². The topological polar surface area (TPSA) is 67.2 Å². The lowest BCUT2D eigenvalue weighted by atomic mass is 10.1. The van der Waals surface area contributed by atoms with Gasteiger partial charge in [0, 0.05) is 6.04 Å². The van der Waals surface area contributed by atoms with Gasteiger partial charge in [-0.05, 0) is 36.8 Å². The van der Waals surface area contributed by atoms with E-state index in [0.717, 1.165) is 25.9 Å². The van der Waals surface area contributed by atoms with Crippen molar-refractivity contribution in [3.8, 4) is 0 Å². The number of nitrogens with one attached hydrogen (secondary N) is 2. The summed E-state index contributed by atoms with van der Waals surface area (Å²) >= 11 is 1.24. The first-order chi connectivity index (χ1) is 7.66. The highest BCUT2D eigenvalue weighted by Gasteiger charge is 2.18. The van der Waals surface area contributed by atoms with Crippen LogP contribution in [0.2, 0.25) is 0 Å². The molecule has 1 aromatic rings. The summed E-state index contributed by atoms with van der Waals surface area (Å²) in [7, 11) is 5.60. The van der Waals surface area contributed by atoms with Gasteiger partial charge in [0.25, 0.3) is 5.91 Å². The maximum absolute atomic E-state index is 11.9. The molecule has 2 rings (SSSR count). The molecule has 0 bridgehead atoms. The van der Waals surface area contributed by atoms with Gasteiger partial charge in [0.15, 0.2) is 0 Å². The Hall–Kier alpha value is -1.01. The number of rotatable bonds is 2. The van der Waals surface area contributed by atoms with Gasteiger partial charge in [-0.3, -0.25) is 4.79 Å². The molecule has 1 aromatic heterocycles. The maximum Gasteiger partial charge on any atom is 0.263 e. The third kappa shape index (κ3) is 2.57. The second-order valence-corrected chi connectivity index (χ2v) is 5.01. The first kappa shape index (κ1) is 11.5. The second kappa shape index (κ2) is 4.89. The van der Waals surface area contributed by atoms with Crippen LogP contribution in [0.1, 0.15) is 22.5 Å². The lowest BCUT2D eigenvalue weighted by Crippen LogP contribution is -2.42. The van der Waals surface area contributed by atoms with E-state index in [1.165, 1.54) is 11.3 Å². The Morgan fingerprint density at radius 2 is 2.25 bits per heavy atom. The molecule has 16 heavy (non-hydrogen) atoms. The molecule has 1 fully saturated rings. The molecule has 0 aromatic carbocycles. The Balaban J connectivity index is 1.99. The number of carbonyl (C=O) groups excluding carboxylic acids is 1. The van der Waals surface area contributed by atoms with Gasteiger partial charge in [-0.25, -0.2) is 0 Å². The summed E-state index contributed by atoms with van der Waals surface area (Å²) in [4.78, 5) is 12.4. The summed E-state index contributed by atoms with van der Waals surface area (Å²) in [5.41, 5.74) is 6.17. The van der Waals surface area contributed by atoms with E-state index in [2.05, 4.69) is 10.6 Å². The molecule has 1 aliphatic rings. The normalized spacial score (nSPS) is 17.2. The zero-order valence-corrected chi connectivity index (χ0v) is 9.77. The van der Waals surface area contributed by atoms with Gasteiger partial charge < -0.3 is 16.4 Å². The Morgan fingerprint density at radius 1 is 1.56 bits per heavy atom. The van der Waals surface area contributed by atoms with Gasteiger partial charge in [-0.1, -0.05) is 0 Å². The summed E-state index contributed by atoms with van der Waals surface area (Å²) in [6.45, 7) is 1.90. The van der Waals surface area contributed by atoms with Gasteiger partial charge in [0.05, 0.1) is 5.69 Å². The first-order valence-electron chi connectivity index (χ1n) is 5.33. The van der Waals surface area contributed by atoms with Gasteiger partial charge in [0.1, 0.15) is 12.7 Å². The molecule has 1 saturated heterocycles. The summed E-state index contributed by atoms with van der Waals surface area (Å²) in [6.07, 6.45) is 1.93. The minimum Gasteiger partial charge on any atom is -0.397 e. The molecule has 4 N–H and O–H groups in total. The molecule has 1 aliphatic heterocycles. The van der Waals surface area contributed by atoms with Crippen molar-refractivity contribution in [3.05, 3.63) is 10.9 Å². The summed E-state index contributed by atoms with van der Waals surface area (Å²) < 4.78 is 0.577. The molecular weight excluding hydrogens is 221 g/mol. The van der Waals surface area contributed by atoms with Gasteiger partial charge >= 0.3 is 0 Å². The molecule has 2 heterocycles. The van der Waals surface area contributed by atoms with E-state index in [4.69, 9.17) is 13.6 Å². The van der Waals surface area contributed by atoms with Crippen molar-refractivity contribution in [1.29, 1.82) is 0 Å². The number of thiophene rings is 1. The molecule has 0 spiro atoms. The monoisotopic (exact) mass is 235 g/mol. The minimum atomic E-state index is -0.105. The average Bonchev–Trinajstić information content (AvgIpc) is 2.59. The Kier molecular flexibility index (Phi) is 3.50. The molecule has 0 atom stereocenters. The molecule has 4 nitrogen and oxygen atoms in total. The van der Waals surface area contributed by atoms with Crippen molar-refractivity contribution in [2.75, 3.05) is 18.8 Å². The fraction of sp³-hybridized carbons (Fsp3) is 0.500. The third-order valence-corrected chi connectivity index (χ3v) is 3.64. The lowest BCUT2D eigenvalue weighted by Gasteiger charge is -2.23.